The summed E-state index contributed by atoms with van der Waals surface area (Å²) >= 11 is 1.90. The number of amides is 1. The molecule has 0 radical (unpaired) electrons. The van der Waals surface area contributed by atoms with Crippen molar-refractivity contribution in [3.05, 3.63) is 93.9 Å². The van der Waals surface area contributed by atoms with Crippen LogP contribution in [0.1, 0.15) is 45.2 Å². The Hall–Kier alpha value is -3.51. The first-order valence-corrected chi connectivity index (χ1v) is 11.4. The molecule has 6 heteroatoms. The minimum Gasteiger partial charge on any atom is -0.478 e. The molecular weight excluding hydrogens is 422 g/mol. The molecule has 0 spiro atoms. The number of para-hydroxylation sites is 1. The van der Waals surface area contributed by atoms with Gasteiger partial charge < -0.3 is 15.2 Å². The first-order valence-electron chi connectivity index (χ1n) is 10.4. The molecule has 4 rings (SSSR count). The number of carbonyl (C=O) groups excluding carboxylic acids is 1. The van der Waals surface area contributed by atoms with Gasteiger partial charge in [0.05, 0.1) is 11.3 Å². The maximum Gasteiger partial charge on any atom is 0.337 e. The number of hydrogen-bond acceptors (Lipinski definition) is 4. The number of fused-ring (bicyclic) bond motifs is 1. The average molecular weight is 446 g/mol. The van der Waals surface area contributed by atoms with Gasteiger partial charge in [0.25, 0.3) is 5.91 Å². The quantitative estimate of drug-likeness (QED) is 0.436. The van der Waals surface area contributed by atoms with E-state index in [0.717, 1.165) is 24.3 Å². The highest BCUT2D eigenvalue weighted by molar-refractivity contribution is 8.03. The standard InChI is InChI=1S/C26H23NO4S/c1-2-32-22-14-10-18-15-21(13-9-19(18)16-22)31-20-11-7-17(8-12-20)25(28)27-24-6-4-3-5-23(24)26(29)30/h3-9,11-13,15-16H,2,10,14H2,1H3,(H,27,28)(H,29,30). The monoisotopic (exact) mass is 445 g/mol. The highest BCUT2D eigenvalue weighted by Crippen LogP contribution is 2.33. The van der Waals surface area contributed by atoms with Gasteiger partial charge in [0.15, 0.2) is 0 Å². The fraction of sp³-hybridized carbons (Fsp3) is 0.154. The van der Waals surface area contributed by atoms with Gasteiger partial charge in [-0.15, -0.1) is 11.8 Å². The van der Waals surface area contributed by atoms with Crippen LogP contribution in [-0.2, 0) is 6.42 Å². The third-order valence-corrected chi connectivity index (χ3v) is 6.14. The average Bonchev–Trinajstić information content (AvgIpc) is 2.80. The van der Waals surface area contributed by atoms with Crippen molar-refractivity contribution in [2.45, 2.75) is 19.8 Å². The molecule has 32 heavy (non-hydrogen) atoms. The van der Waals surface area contributed by atoms with Crippen molar-refractivity contribution < 1.29 is 19.4 Å². The Balaban J connectivity index is 1.44. The number of hydrogen-bond donors (Lipinski definition) is 2. The molecule has 0 heterocycles. The zero-order valence-corrected chi connectivity index (χ0v) is 18.4. The molecule has 162 valence electrons. The molecule has 3 aromatic rings. The lowest BCUT2D eigenvalue weighted by atomic mass is 9.97. The van der Waals surface area contributed by atoms with E-state index in [1.165, 1.54) is 22.1 Å². The van der Waals surface area contributed by atoms with Crippen LogP contribution in [0.2, 0.25) is 0 Å². The number of nitrogens with one attached hydrogen (secondary N) is 1. The predicted molar refractivity (Wildman–Crippen MR) is 129 cm³/mol. The molecule has 0 bridgehead atoms. The van der Waals surface area contributed by atoms with Crippen molar-refractivity contribution in [2.75, 3.05) is 11.1 Å². The number of thioether (sulfide) groups is 1. The summed E-state index contributed by atoms with van der Waals surface area (Å²) in [7, 11) is 0. The van der Waals surface area contributed by atoms with E-state index in [9.17, 15) is 14.7 Å². The van der Waals surface area contributed by atoms with Crippen LogP contribution >= 0.6 is 11.8 Å². The van der Waals surface area contributed by atoms with Crippen LogP contribution in [0.5, 0.6) is 11.5 Å². The van der Waals surface area contributed by atoms with Crippen LogP contribution in [0.4, 0.5) is 5.69 Å². The highest BCUT2D eigenvalue weighted by atomic mass is 32.2. The molecule has 0 saturated heterocycles. The number of rotatable bonds is 7. The van der Waals surface area contributed by atoms with Crippen LogP contribution in [0, 0.1) is 0 Å². The third kappa shape index (κ3) is 5.03. The largest absolute Gasteiger partial charge is 0.478 e. The van der Waals surface area contributed by atoms with Gasteiger partial charge in [0.1, 0.15) is 11.5 Å². The SMILES string of the molecule is CCSC1=Cc2ccc(Oc3ccc(C(=O)Nc4ccccc4C(=O)O)cc3)cc2CC1. The van der Waals surface area contributed by atoms with E-state index in [1.807, 2.05) is 17.8 Å². The summed E-state index contributed by atoms with van der Waals surface area (Å²) in [6.07, 6.45) is 4.32. The second-order valence-corrected chi connectivity index (χ2v) is 8.73. The molecule has 0 aromatic heterocycles. The maximum absolute atomic E-state index is 12.5. The smallest absolute Gasteiger partial charge is 0.337 e. The van der Waals surface area contributed by atoms with Crippen molar-refractivity contribution in [3.8, 4) is 11.5 Å². The summed E-state index contributed by atoms with van der Waals surface area (Å²) < 4.78 is 5.99. The van der Waals surface area contributed by atoms with Gasteiger partial charge in [-0.2, -0.15) is 0 Å². The van der Waals surface area contributed by atoms with Crippen molar-refractivity contribution in [1.82, 2.24) is 0 Å². The molecule has 0 fully saturated rings. The van der Waals surface area contributed by atoms with Gasteiger partial charge in [-0.05, 0) is 89.2 Å². The Labute approximate surface area is 191 Å². The highest BCUT2D eigenvalue weighted by Gasteiger charge is 2.14. The van der Waals surface area contributed by atoms with Crippen molar-refractivity contribution in [1.29, 1.82) is 0 Å². The van der Waals surface area contributed by atoms with Crippen LogP contribution < -0.4 is 10.1 Å². The van der Waals surface area contributed by atoms with Crippen LogP contribution in [0.25, 0.3) is 6.08 Å². The van der Waals surface area contributed by atoms with Gasteiger partial charge in [-0.25, -0.2) is 4.79 Å². The van der Waals surface area contributed by atoms with E-state index in [4.69, 9.17) is 4.74 Å². The molecular formula is C26H23NO4S. The molecule has 0 unspecified atom stereocenters. The van der Waals surface area contributed by atoms with Gasteiger partial charge in [-0.3, -0.25) is 4.79 Å². The second kappa shape index (κ2) is 9.75. The molecule has 3 aromatic carbocycles. The first kappa shape index (κ1) is 21.7. The Morgan fingerprint density at radius 1 is 1.00 bits per heavy atom. The predicted octanol–water partition coefficient (Wildman–Crippen LogP) is 6.47. The number of aryl methyl sites for hydroxylation is 1. The topological polar surface area (TPSA) is 75.6 Å². The number of anilines is 1. The van der Waals surface area contributed by atoms with Crippen LogP contribution in [-0.4, -0.2) is 22.7 Å². The van der Waals surface area contributed by atoms with E-state index >= 15 is 0 Å². The Morgan fingerprint density at radius 2 is 1.75 bits per heavy atom. The summed E-state index contributed by atoms with van der Waals surface area (Å²) in [5.74, 6) is 0.997. The van der Waals surface area contributed by atoms with E-state index in [0.29, 0.717) is 11.3 Å². The fourth-order valence-electron chi connectivity index (χ4n) is 3.59. The summed E-state index contributed by atoms with van der Waals surface area (Å²) in [4.78, 5) is 25.3. The number of ether oxygens (including phenoxy) is 1. The van der Waals surface area contributed by atoms with Crippen molar-refractivity contribution >= 4 is 35.4 Å². The minimum absolute atomic E-state index is 0.0449. The summed E-state index contributed by atoms with van der Waals surface area (Å²) in [5.41, 5.74) is 3.23. The first-order chi connectivity index (χ1) is 15.5. The molecule has 5 nitrogen and oxygen atoms in total. The number of aromatic carboxylic acids is 1. The Morgan fingerprint density at radius 3 is 2.50 bits per heavy atom. The zero-order chi connectivity index (χ0) is 22.5. The normalized spacial score (nSPS) is 12.5. The lowest BCUT2D eigenvalue weighted by Gasteiger charge is -2.17. The van der Waals surface area contributed by atoms with E-state index < -0.39 is 5.97 Å². The van der Waals surface area contributed by atoms with Gasteiger partial charge in [0.2, 0.25) is 0 Å². The zero-order valence-electron chi connectivity index (χ0n) is 17.6. The lowest BCUT2D eigenvalue weighted by molar-refractivity contribution is 0.0698. The number of carboxylic acids is 1. The summed E-state index contributed by atoms with van der Waals surface area (Å²) in [6.45, 7) is 2.17. The van der Waals surface area contributed by atoms with Gasteiger partial charge in [0, 0.05) is 5.56 Å². The van der Waals surface area contributed by atoms with E-state index in [-0.39, 0.29) is 17.2 Å². The molecule has 2 N–H and O–H groups in total. The molecule has 1 amide bonds. The van der Waals surface area contributed by atoms with Crippen LogP contribution in [0.15, 0.2) is 71.6 Å². The summed E-state index contributed by atoms with van der Waals surface area (Å²) in [5, 5.41) is 11.9. The fourth-order valence-corrected chi connectivity index (χ4v) is 4.42. The minimum atomic E-state index is -1.09. The summed E-state index contributed by atoms with van der Waals surface area (Å²) in [6, 6.07) is 19.2. The lowest BCUT2D eigenvalue weighted by Crippen LogP contribution is -2.14. The Kier molecular flexibility index (Phi) is 6.61. The van der Waals surface area contributed by atoms with Gasteiger partial charge >= 0.3 is 5.97 Å². The molecule has 1 aliphatic rings. The second-order valence-electron chi connectivity index (χ2n) is 7.34. The molecule has 0 atom stereocenters. The molecule has 1 aliphatic carbocycles. The number of carboxylic acid groups (broad SMARTS) is 1. The van der Waals surface area contributed by atoms with E-state index in [2.05, 4.69) is 30.4 Å². The third-order valence-electron chi connectivity index (χ3n) is 5.16. The number of carbonyl (C=O) groups is 2. The van der Waals surface area contributed by atoms with Crippen molar-refractivity contribution in [3.63, 3.8) is 0 Å². The van der Waals surface area contributed by atoms with Crippen molar-refractivity contribution in [2.24, 2.45) is 0 Å². The van der Waals surface area contributed by atoms with Gasteiger partial charge in [-0.1, -0.05) is 25.1 Å². The Bertz CT molecular complexity index is 1180. The van der Waals surface area contributed by atoms with E-state index in [1.54, 1.807) is 42.5 Å². The van der Waals surface area contributed by atoms with Crippen LogP contribution in [0.3, 0.4) is 0 Å². The number of allylic oxidation sites excluding steroid dienone is 1. The molecule has 0 saturated carbocycles. The molecule has 0 aliphatic heterocycles. The maximum atomic E-state index is 12.5. The number of benzene rings is 3.